The number of carbonyl (C=O) groups is 2. The van der Waals surface area contributed by atoms with Crippen molar-refractivity contribution in [3.05, 3.63) is 59.1 Å². The average molecular weight is 372 g/mol. The lowest BCUT2D eigenvalue weighted by Crippen LogP contribution is -2.30. The monoisotopic (exact) mass is 371 g/mol. The molecule has 1 atom stereocenters. The summed E-state index contributed by atoms with van der Waals surface area (Å²) in [6.45, 7) is 2.86. The van der Waals surface area contributed by atoms with E-state index in [1.165, 1.54) is 0 Å². The van der Waals surface area contributed by atoms with Gasteiger partial charge in [0, 0.05) is 35.4 Å². The van der Waals surface area contributed by atoms with Crippen LogP contribution in [0, 0.1) is 0 Å². The zero-order valence-corrected chi connectivity index (χ0v) is 15.4. The molecule has 6 heteroatoms. The van der Waals surface area contributed by atoms with Crippen LogP contribution in [-0.2, 0) is 9.59 Å². The molecule has 1 fully saturated rings. The second-order valence-electron chi connectivity index (χ2n) is 6.37. The van der Waals surface area contributed by atoms with Gasteiger partial charge in [0.1, 0.15) is 0 Å². The number of carbonyl (C=O) groups excluding carboxylic acids is 2. The molecule has 0 spiro atoms. The van der Waals surface area contributed by atoms with Crippen LogP contribution in [-0.4, -0.2) is 24.9 Å². The number of rotatable bonds is 6. The van der Waals surface area contributed by atoms with Crippen LogP contribution in [0.1, 0.15) is 31.4 Å². The molecule has 0 bridgehead atoms. The fourth-order valence-corrected chi connectivity index (χ4v) is 3.36. The molecule has 3 rings (SSSR count). The van der Waals surface area contributed by atoms with Gasteiger partial charge in [0.25, 0.3) is 0 Å². The highest BCUT2D eigenvalue weighted by Gasteiger charge is 2.21. The van der Waals surface area contributed by atoms with Crippen molar-refractivity contribution in [2.75, 3.05) is 23.3 Å². The molecule has 2 aromatic rings. The predicted molar refractivity (Wildman–Crippen MR) is 105 cm³/mol. The van der Waals surface area contributed by atoms with Crippen LogP contribution in [0.5, 0.6) is 0 Å². The summed E-state index contributed by atoms with van der Waals surface area (Å²) in [4.78, 5) is 25.9. The molecule has 1 heterocycles. The maximum atomic E-state index is 12.2. The summed E-state index contributed by atoms with van der Waals surface area (Å²) < 4.78 is 0. The van der Waals surface area contributed by atoms with E-state index in [-0.39, 0.29) is 24.4 Å². The van der Waals surface area contributed by atoms with Gasteiger partial charge in [0.15, 0.2) is 0 Å². The van der Waals surface area contributed by atoms with Crippen molar-refractivity contribution >= 4 is 34.8 Å². The molecular formula is C20H22ClN3O2. The predicted octanol–water partition coefficient (Wildman–Crippen LogP) is 3.76. The van der Waals surface area contributed by atoms with Crippen molar-refractivity contribution in [1.82, 2.24) is 5.32 Å². The third-order valence-corrected chi connectivity index (χ3v) is 4.80. The van der Waals surface area contributed by atoms with Crippen molar-refractivity contribution in [2.24, 2.45) is 0 Å². The van der Waals surface area contributed by atoms with Crippen LogP contribution in [0.3, 0.4) is 0 Å². The molecule has 0 aromatic heterocycles. The maximum absolute atomic E-state index is 12.2. The molecule has 2 aromatic carbocycles. The molecule has 0 saturated carbocycles. The summed E-state index contributed by atoms with van der Waals surface area (Å²) in [5, 5.41) is 6.72. The molecule has 1 aliphatic heterocycles. The lowest BCUT2D eigenvalue weighted by atomic mass is 10.1. The third-order valence-electron chi connectivity index (χ3n) is 4.46. The van der Waals surface area contributed by atoms with Gasteiger partial charge < -0.3 is 15.5 Å². The van der Waals surface area contributed by atoms with Gasteiger partial charge in [-0.3, -0.25) is 9.59 Å². The van der Waals surface area contributed by atoms with E-state index in [1.807, 2.05) is 55.5 Å². The second kappa shape index (κ2) is 8.34. The molecule has 0 aliphatic carbocycles. The number of hydrogen-bond donors (Lipinski definition) is 2. The van der Waals surface area contributed by atoms with Gasteiger partial charge in [-0.1, -0.05) is 35.9 Å². The first-order valence-corrected chi connectivity index (χ1v) is 9.10. The van der Waals surface area contributed by atoms with E-state index in [0.29, 0.717) is 17.1 Å². The molecule has 1 unspecified atom stereocenters. The van der Waals surface area contributed by atoms with E-state index in [2.05, 4.69) is 10.6 Å². The minimum Gasteiger partial charge on any atom is -0.325 e. The van der Waals surface area contributed by atoms with Crippen molar-refractivity contribution < 1.29 is 9.59 Å². The van der Waals surface area contributed by atoms with Crippen LogP contribution < -0.4 is 15.5 Å². The zero-order chi connectivity index (χ0) is 18.5. The first-order valence-electron chi connectivity index (χ1n) is 8.72. The summed E-state index contributed by atoms with van der Waals surface area (Å²) >= 11 is 6.18. The Kier molecular flexibility index (Phi) is 5.91. The first kappa shape index (κ1) is 18.4. The van der Waals surface area contributed by atoms with E-state index < -0.39 is 0 Å². The molecule has 26 heavy (non-hydrogen) atoms. The minimum atomic E-state index is -0.145. The average Bonchev–Trinajstić information content (AvgIpc) is 3.06. The highest BCUT2D eigenvalue weighted by molar-refractivity contribution is 6.31. The smallest absolute Gasteiger partial charge is 0.238 e. The number of nitrogens with one attached hydrogen (secondary N) is 2. The van der Waals surface area contributed by atoms with Crippen molar-refractivity contribution in [3.63, 3.8) is 0 Å². The molecule has 2 amide bonds. The number of benzene rings is 2. The van der Waals surface area contributed by atoms with Crippen LogP contribution in [0.15, 0.2) is 48.5 Å². The second-order valence-corrected chi connectivity index (χ2v) is 6.78. The van der Waals surface area contributed by atoms with Crippen molar-refractivity contribution in [1.29, 1.82) is 0 Å². The molecule has 1 saturated heterocycles. The van der Waals surface area contributed by atoms with Gasteiger partial charge in [-0.05, 0) is 43.2 Å². The van der Waals surface area contributed by atoms with Gasteiger partial charge in [0.05, 0.1) is 6.54 Å². The number of halogens is 1. The SMILES string of the molecule is CC(NCC(=O)Nc1cccc(N2CCCC2=O)c1)c1ccccc1Cl. The summed E-state index contributed by atoms with van der Waals surface area (Å²) in [7, 11) is 0. The summed E-state index contributed by atoms with van der Waals surface area (Å²) in [6.07, 6.45) is 1.46. The molecule has 1 aliphatic rings. The summed E-state index contributed by atoms with van der Waals surface area (Å²) in [5.74, 6) is -0.0162. The van der Waals surface area contributed by atoms with E-state index in [4.69, 9.17) is 11.6 Å². The Labute approximate surface area is 158 Å². The van der Waals surface area contributed by atoms with Gasteiger partial charge in [-0.25, -0.2) is 0 Å². The Bertz CT molecular complexity index is 809. The van der Waals surface area contributed by atoms with E-state index in [1.54, 1.807) is 4.90 Å². The van der Waals surface area contributed by atoms with Gasteiger partial charge in [-0.2, -0.15) is 0 Å². The van der Waals surface area contributed by atoms with Crippen LogP contribution in [0.2, 0.25) is 5.02 Å². The summed E-state index contributed by atoms with van der Waals surface area (Å²) in [5.41, 5.74) is 2.46. The van der Waals surface area contributed by atoms with E-state index in [0.717, 1.165) is 24.2 Å². The number of hydrogen-bond acceptors (Lipinski definition) is 3. The van der Waals surface area contributed by atoms with E-state index >= 15 is 0 Å². The zero-order valence-electron chi connectivity index (χ0n) is 14.7. The fourth-order valence-electron chi connectivity index (χ4n) is 3.06. The quantitative estimate of drug-likeness (QED) is 0.812. The molecule has 2 N–H and O–H groups in total. The Balaban J connectivity index is 1.57. The fraction of sp³-hybridized carbons (Fsp3) is 0.300. The Hall–Kier alpha value is -2.37. The maximum Gasteiger partial charge on any atom is 0.238 e. The first-order chi connectivity index (χ1) is 12.5. The molecule has 136 valence electrons. The van der Waals surface area contributed by atoms with Crippen molar-refractivity contribution in [3.8, 4) is 0 Å². The van der Waals surface area contributed by atoms with Crippen molar-refractivity contribution in [2.45, 2.75) is 25.8 Å². The molecular weight excluding hydrogens is 350 g/mol. The number of amides is 2. The third kappa shape index (κ3) is 4.42. The Morgan fingerprint density at radius 3 is 2.77 bits per heavy atom. The largest absolute Gasteiger partial charge is 0.325 e. The van der Waals surface area contributed by atoms with Gasteiger partial charge >= 0.3 is 0 Å². The molecule has 5 nitrogen and oxygen atoms in total. The van der Waals surface area contributed by atoms with Gasteiger partial charge in [-0.15, -0.1) is 0 Å². The standard InChI is InChI=1S/C20H22ClN3O2/c1-14(17-8-2-3-9-18(17)21)22-13-19(25)23-15-6-4-7-16(12-15)24-11-5-10-20(24)26/h2-4,6-9,12,14,22H,5,10-11,13H2,1H3,(H,23,25). The van der Waals surface area contributed by atoms with Crippen LogP contribution in [0.4, 0.5) is 11.4 Å². The molecule has 0 radical (unpaired) electrons. The Morgan fingerprint density at radius 1 is 1.23 bits per heavy atom. The number of nitrogens with zero attached hydrogens (tertiary/aromatic N) is 1. The topological polar surface area (TPSA) is 61.4 Å². The lowest BCUT2D eigenvalue weighted by Gasteiger charge is -2.17. The van der Waals surface area contributed by atoms with E-state index in [9.17, 15) is 9.59 Å². The highest BCUT2D eigenvalue weighted by Crippen LogP contribution is 2.24. The minimum absolute atomic E-state index is 0.0389. The normalized spacial score (nSPS) is 15.2. The number of anilines is 2. The van der Waals surface area contributed by atoms with Gasteiger partial charge in [0.2, 0.25) is 11.8 Å². The highest BCUT2D eigenvalue weighted by atomic mass is 35.5. The lowest BCUT2D eigenvalue weighted by molar-refractivity contribution is -0.117. The Morgan fingerprint density at radius 2 is 2.04 bits per heavy atom. The summed E-state index contributed by atoms with van der Waals surface area (Å²) in [6, 6.07) is 14.9. The van der Waals surface area contributed by atoms with Crippen LogP contribution >= 0.6 is 11.6 Å². The van der Waals surface area contributed by atoms with Crippen LogP contribution in [0.25, 0.3) is 0 Å².